The van der Waals surface area contributed by atoms with Gasteiger partial charge in [-0.15, -0.1) is 11.6 Å². The van der Waals surface area contributed by atoms with E-state index in [2.05, 4.69) is 11.7 Å². The van der Waals surface area contributed by atoms with Crippen molar-refractivity contribution in [3.05, 3.63) is 0 Å². The van der Waals surface area contributed by atoms with Crippen LogP contribution >= 0.6 is 11.6 Å². The van der Waals surface area contributed by atoms with Gasteiger partial charge in [0.2, 0.25) is 0 Å². The monoisotopic (exact) mass is 179 g/mol. The molecular weight excluding hydrogens is 166 g/mol. The summed E-state index contributed by atoms with van der Waals surface area (Å²) in [5.74, 6) is 0. The van der Waals surface area contributed by atoms with Crippen LogP contribution < -0.4 is 0 Å². The van der Waals surface area contributed by atoms with E-state index in [9.17, 15) is 4.79 Å². The lowest BCUT2D eigenvalue weighted by molar-refractivity contribution is 0.130. The Morgan fingerprint density at radius 2 is 2.27 bits per heavy atom. The van der Waals surface area contributed by atoms with Crippen molar-refractivity contribution in [3.8, 4) is 0 Å². The summed E-state index contributed by atoms with van der Waals surface area (Å²) in [5.41, 5.74) is 0. The van der Waals surface area contributed by atoms with Crippen molar-refractivity contribution in [2.45, 2.75) is 19.8 Å². The summed E-state index contributed by atoms with van der Waals surface area (Å²) in [6, 6.07) is 0.201. The third-order valence-corrected chi connectivity index (χ3v) is 1.65. The van der Waals surface area contributed by atoms with E-state index in [4.69, 9.17) is 11.6 Å². The van der Waals surface area contributed by atoms with E-state index in [-0.39, 0.29) is 12.1 Å². The Morgan fingerprint density at radius 1 is 1.64 bits per heavy atom. The van der Waals surface area contributed by atoms with Gasteiger partial charge < -0.3 is 4.74 Å². The van der Waals surface area contributed by atoms with E-state index in [0.29, 0.717) is 6.54 Å². The van der Waals surface area contributed by atoms with Crippen molar-refractivity contribution in [1.82, 2.24) is 4.90 Å². The first-order chi connectivity index (χ1) is 5.26. The molecule has 1 amide bonds. The van der Waals surface area contributed by atoms with Crippen LogP contribution in [-0.2, 0) is 4.74 Å². The highest BCUT2D eigenvalue weighted by atomic mass is 35.5. The van der Waals surface area contributed by atoms with Gasteiger partial charge >= 0.3 is 6.09 Å². The fourth-order valence-corrected chi connectivity index (χ4v) is 0.895. The topological polar surface area (TPSA) is 29.5 Å². The number of carbonyl (C=O) groups is 1. The zero-order valence-corrected chi connectivity index (χ0v) is 7.73. The second-order valence-corrected chi connectivity index (χ2v) is 2.45. The van der Waals surface area contributed by atoms with Crippen molar-refractivity contribution in [1.29, 1.82) is 0 Å². The van der Waals surface area contributed by atoms with Gasteiger partial charge in [0.15, 0.2) is 0 Å². The summed E-state index contributed by atoms with van der Waals surface area (Å²) in [7, 11) is 1.35. The van der Waals surface area contributed by atoms with Crippen LogP contribution in [0.3, 0.4) is 0 Å². The number of halogens is 1. The highest BCUT2D eigenvalue weighted by molar-refractivity contribution is 6.18. The van der Waals surface area contributed by atoms with E-state index in [1.165, 1.54) is 12.0 Å². The molecule has 0 spiro atoms. The van der Waals surface area contributed by atoms with Crippen LogP contribution in [0.5, 0.6) is 0 Å². The van der Waals surface area contributed by atoms with Crippen LogP contribution in [0.4, 0.5) is 4.79 Å². The molecule has 0 bridgehead atoms. The van der Waals surface area contributed by atoms with Crippen LogP contribution in [0.15, 0.2) is 0 Å². The standard InChI is InChI=1S/C7H14ClNO2/c1-3-4-5-9(6-8)7(10)11-2/h3-6H2,1-2H3. The Morgan fingerprint density at radius 3 is 2.64 bits per heavy atom. The number of methoxy groups -OCH3 is 1. The molecular formula is C7H14ClNO2. The Kier molecular flexibility index (Phi) is 6.03. The predicted molar refractivity (Wildman–Crippen MR) is 44.7 cm³/mol. The van der Waals surface area contributed by atoms with Gasteiger partial charge in [-0.1, -0.05) is 13.3 Å². The van der Waals surface area contributed by atoms with Gasteiger partial charge in [-0.3, -0.25) is 4.90 Å². The molecule has 11 heavy (non-hydrogen) atoms. The zero-order chi connectivity index (χ0) is 8.69. The van der Waals surface area contributed by atoms with Crippen LogP contribution in [0, 0.1) is 0 Å². The molecule has 0 aromatic rings. The molecule has 0 aliphatic heterocycles. The predicted octanol–water partition coefficient (Wildman–Crippen LogP) is 2.05. The molecule has 0 aliphatic rings. The molecule has 0 saturated heterocycles. The van der Waals surface area contributed by atoms with Gasteiger partial charge in [-0.2, -0.15) is 0 Å². The smallest absolute Gasteiger partial charge is 0.410 e. The second-order valence-electron chi connectivity index (χ2n) is 2.21. The SMILES string of the molecule is CCCCN(CCl)C(=O)OC. The number of alkyl halides is 1. The number of carbonyl (C=O) groups excluding carboxylic acids is 1. The first-order valence-corrected chi connectivity index (χ1v) is 4.18. The third-order valence-electron chi connectivity index (χ3n) is 1.36. The maximum Gasteiger partial charge on any atom is 0.410 e. The molecule has 0 fully saturated rings. The normalized spacial score (nSPS) is 9.36. The number of hydrogen-bond donors (Lipinski definition) is 0. The maximum atomic E-state index is 10.9. The average molecular weight is 180 g/mol. The summed E-state index contributed by atoms with van der Waals surface area (Å²) in [5, 5.41) is 0. The molecule has 0 atom stereocenters. The van der Waals surface area contributed by atoms with E-state index in [1.54, 1.807) is 0 Å². The minimum Gasteiger partial charge on any atom is -0.453 e. The highest BCUT2D eigenvalue weighted by Crippen LogP contribution is 1.98. The van der Waals surface area contributed by atoms with E-state index in [1.807, 2.05) is 0 Å². The minimum absolute atomic E-state index is 0.201. The van der Waals surface area contributed by atoms with Gasteiger partial charge in [0, 0.05) is 6.54 Å². The van der Waals surface area contributed by atoms with Crippen LogP contribution in [0.25, 0.3) is 0 Å². The lowest BCUT2D eigenvalue weighted by Gasteiger charge is -2.16. The summed E-state index contributed by atoms with van der Waals surface area (Å²) >= 11 is 5.50. The first-order valence-electron chi connectivity index (χ1n) is 3.65. The van der Waals surface area contributed by atoms with Crippen LogP contribution in [-0.4, -0.2) is 30.7 Å². The molecule has 4 heteroatoms. The number of unbranched alkanes of at least 4 members (excludes halogenated alkanes) is 1. The molecule has 0 saturated carbocycles. The Bertz CT molecular complexity index is 119. The molecule has 0 radical (unpaired) electrons. The third kappa shape index (κ3) is 4.09. The van der Waals surface area contributed by atoms with E-state index < -0.39 is 0 Å². The quantitative estimate of drug-likeness (QED) is 0.489. The molecule has 0 N–H and O–H groups in total. The fraction of sp³-hybridized carbons (Fsp3) is 0.857. The van der Waals surface area contributed by atoms with Gasteiger partial charge in [-0.25, -0.2) is 4.79 Å². The molecule has 0 rings (SSSR count). The van der Waals surface area contributed by atoms with Crippen molar-refractivity contribution >= 4 is 17.7 Å². The van der Waals surface area contributed by atoms with Crippen LogP contribution in [0.1, 0.15) is 19.8 Å². The van der Waals surface area contributed by atoms with Gasteiger partial charge in [0.05, 0.1) is 13.1 Å². The summed E-state index contributed by atoms with van der Waals surface area (Å²) in [4.78, 5) is 12.3. The molecule has 0 aromatic carbocycles. The molecule has 0 heterocycles. The Balaban J connectivity index is 3.65. The highest BCUT2D eigenvalue weighted by Gasteiger charge is 2.10. The number of ether oxygens (including phenoxy) is 1. The number of rotatable bonds is 4. The number of nitrogens with zero attached hydrogens (tertiary/aromatic N) is 1. The number of amides is 1. The summed E-state index contributed by atoms with van der Waals surface area (Å²) in [6.45, 7) is 2.73. The largest absolute Gasteiger partial charge is 0.453 e. The minimum atomic E-state index is -0.353. The molecule has 0 aliphatic carbocycles. The van der Waals surface area contributed by atoms with E-state index >= 15 is 0 Å². The first kappa shape index (κ1) is 10.6. The van der Waals surface area contributed by atoms with Crippen molar-refractivity contribution in [2.24, 2.45) is 0 Å². The fourth-order valence-electron chi connectivity index (χ4n) is 0.678. The second kappa shape index (κ2) is 6.28. The average Bonchev–Trinajstić information content (AvgIpc) is 2.05. The lowest BCUT2D eigenvalue weighted by Crippen LogP contribution is -2.30. The zero-order valence-electron chi connectivity index (χ0n) is 6.97. The van der Waals surface area contributed by atoms with Crippen molar-refractivity contribution in [3.63, 3.8) is 0 Å². The van der Waals surface area contributed by atoms with Crippen molar-refractivity contribution < 1.29 is 9.53 Å². The lowest BCUT2D eigenvalue weighted by atomic mass is 10.3. The van der Waals surface area contributed by atoms with Gasteiger partial charge in [0.1, 0.15) is 0 Å². The van der Waals surface area contributed by atoms with E-state index in [0.717, 1.165) is 12.8 Å². The molecule has 0 unspecified atom stereocenters. The van der Waals surface area contributed by atoms with Gasteiger partial charge in [0.25, 0.3) is 0 Å². The molecule has 3 nitrogen and oxygen atoms in total. The van der Waals surface area contributed by atoms with Crippen molar-refractivity contribution in [2.75, 3.05) is 19.7 Å². The summed E-state index contributed by atoms with van der Waals surface area (Å²) in [6.07, 6.45) is 1.65. The number of hydrogen-bond acceptors (Lipinski definition) is 2. The van der Waals surface area contributed by atoms with Crippen LogP contribution in [0.2, 0.25) is 0 Å². The Hall–Kier alpha value is -0.440. The van der Waals surface area contributed by atoms with Gasteiger partial charge in [-0.05, 0) is 6.42 Å². The summed E-state index contributed by atoms with van der Waals surface area (Å²) < 4.78 is 4.50. The molecule has 0 aromatic heterocycles. The Labute approximate surface area is 72.3 Å². The molecule has 66 valence electrons. The maximum absolute atomic E-state index is 10.9.